The van der Waals surface area contributed by atoms with E-state index >= 15 is 0 Å². The van der Waals surface area contributed by atoms with E-state index in [-0.39, 0.29) is 24.7 Å². The molecule has 0 unspecified atom stereocenters. The van der Waals surface area contributed by atoms with Gasteiger partial charge in [-0.2, -0.15) is 5.10 Å². The summed E-state index contributed by atoms with van der Waals surface area (Å²) in [7, 11) is 1.56. The van der Waals surface area contributed by atoms with Crippen LogP contribution in [0.25, 0.3) is 0 Å². The number of rotatable bonds is 10. The molecule has 0 aliphatic rings. The lowest BCUT2D eigenvalue weighted by Gasteiger charge is -2.11. The number of para-hydroxylation sites is 1. The highest BCUT2D eigenvalue weighted by Crippen LogP contribution is 2.28. The topological polar surface area (TPSA) is 89.0 Å². The average Bonchev–Trinajstić information content (AvgIpc) is 2.84. The average molecular weight is 524 g/mol. The van der Waals surface area contributed by atoms with Gasteiger partial charge in [-0.25, -0.2) is 5.43 Å². The number of nitrogens with one attached hydrogen (secondary N) is 2. The van der Waals surface area contributed by atoms with E-state index in [4.69, 9.17) is 9.47 Å². The molecule has 34 heavy (non-hydrogen) atoms. The molecular formula is C26H26BrN3O4. The van der Waals surface area contributed by atoms with Crippen LogP contribution in [0.15, 0.2) is 76.3 Å². The Morgan fingerprint density at radius 1 is 0.971 bits per heavy atom. The molecule has 0 saturated heterocycles. The van der Waals surface area contributed by atoms with Crippen LogP contribution >= 0.6 is 15.9 Å². The van der Waals surface area contributed by atoms with E-state index in [9.17, 15) is 9.59 Å². The largest absolute Gasteiger partial charge is 0.493 e. The number of halogens is 1. The Balaban J connectivity index is 1.46. The summed E-state index contributed by atoms with van der Waals surface area (Å²) >= 11 is 3.41. The Hall–Kier alpha value is -3.65. The molecule has 0 atom stereocenters. The number of anilines is 1. The van der Waals surface area contributed by atoms with E-state index in [0.717, 1.165) is 26.9 Å². The maximum absolute atomic E-state index is 12.1. The Bertz CT molecular complexity index is 1160. The van der Waals surface area contributed by atoms with E-state index in [1.807, 2.05) is 61.5 Å². The maximum Gasteiger partial charge on any atom is 0.240 e. The number of hydrogen-bond acceptors (Lipinski definition) is 5. The molecule has 0 aliphatic carbocycles. The number of hydrogen-bond donors (Lipinski definition) is 2. The molecule has 0 aromatic heterocycles. The lowest BCUT2D eigenvalue weighted by atomic mass is 10.2. The number of methoxy groups -OCH3 is 1. The van der Waals surface area contributed by atoms with Gasteiger partial charge in [0.05, 0.1) is 13.3 Å². The molecule has 176 valence electrons. The maximum atomic E-state index is 12.1. The first-order valence-corrected chi connectivity index (χ1v) is 11.5. The molecule has 0 spiro atoms. The summed E-state index contributed by atoms with van der Waals surface area (Å²) in [6.45, 7) is 2.32. The lowest BCUT2D eigenvalue weighted by Crippen LogP contribution is -2.20. The summed E-state index contributed by atoms with van der Waals surface area (Å²) in [5.74, 6) is 0.584. The third-order valence-electron chi connectivity index (χ3n) is 4.90. The van der Waals surface area contributed by atoms with Gasteiger partial charge >= 0.3 is 0 Å². The quantitative estimate of drug-likeness (QED) is 0.282. The van der Waals surface area contributed by atoms with E-state index in [2.05, 4.69) is 31.8 Å². The smallest absolute Gasteiger partial charge is 0.240 e. The molecule has 0 bridgehead atoms. The lowest BCUT2D eigenvalue weighted by molar-refractivity contribution is -0.124. The van der Waals surface area contributed by atoms with Gasteiger partial charge in [-0.3, -0.25) is 9.59 Å². The number of aryl methyl sites for hydroxylation is 1. The summed E-state index contributed by atoms with van der Waals surface area (Å²) in [4.78, 5) is 24.1. The third kappa shape index (κ3) is 7.74. The normalized spacial score (nSPS) is 10.7. The van der Waals surface area contributed by atoms with Gasteiger partial charge in [-0.05, 0) is 60.0 Å². The number of ether oxygens (including phenoxy) is 2. The predicted molar refractivity (Wildman–Crippen MR) is 136 cm³/mol. The number of carbonyl (C=O) groups is 2. The zero-order valence-corrected chi connectivity index (χ0v) is 20.6. The molecule has 0 radical (unpaired) electrons. The van der Waals surface area contributed by atoms with E-state index in [0.29, 0.717) is 18.1 Å². The molecular weight excluding hydrogens is 498 g/mol. The Labute approximate surface area is 207 Å². The highest BCUT2D eigenvalue weighted by molar-refractivity contribution is 9.10. The number of amides is 2. The summed E-state index contributed by atoms with van der Waals surface area (Å²) in [5.41, 5.74) is 5.90. The first kappa shape index (κ1) is 25.0. The van der Waals surface area contributed by atoms with Crippen molar-refractivity contribution in [2.45, 2.75) is 26.4 Å². The number of hydrazone groups is 1. The number of nitrogens with zero attached hydrogens (tertiary/aromatic N) is 1. The Morgan fingerprint density at radius 3 is 2.44 bits per heavy atom. The van der Waals surface area contributed by atoms with Crippen molar-refractivity contribution in [1.82, 2.24) is 5.43 Å². The molecule has 0 aliphatic heterocycles. The third-order valence-corrected chi connectivity index (χ3v) is 5.43. The summed E-state index contributed by atoms with van der Waals surface area (Å²) in [6.07, 6.45) is 1.60. The van der Waals surface area contributed by atoms with Crippen molar-refractivity contribution < 1.29 is 19.1 Å². The number of benzene rings is 3. The minimum Gasteiger partial charge on any atom is -0.493 e. The van der Waals surface area contributed by atoms with Crippen LogP contribution in [0.1, 0.15) is 29.5 Å². The molecule has 2 amide bonds. The van der Waals surface area contributed by atoms with Crippen molar-refractivity contribution in [3.05, 3.63) is 87.9 Å². The van der Waals surface area contributed by atoms with E-state index < -0.39 is 0 Å². The van der Waals surface area contributed by atoms with Crippen molar-refractivity contribution in [2.24, 2.45) is 5.10 Å². The summed E-state index contributed by atoms with van der Waals surface area (Å²) < 4.78 is 12.3. The fraction of sp³-hybridized carbons (Fsp3) is 0.192. The van der Waals surface area contributed by atoms with Crippen molar-refractivity contribution in [3.8, 4) is 11.5 Å². The zero-order valence-electron chi connectivity index (χ0n) is 19.0. The molecule has 8 heteroatoms. The second-order valence-corrected chi connectivity index (χ2v) is 8.40. The SMILES string of the molecule is COc1cc(C=NNC(=O)CCC(=O)Nc2ccccc2C)ccc1OCc1ccc(Br)cc1. The van der Waals surface area contributed by atoms with Gasteiger partial charge in [-0.15, -0.1) is 0 Å². The zero-order chi connectivity index (χ0) is 24.3. The second-order valence-electron chi connectivity index (χ2n) is 7.48. The molecule has 3 aromatic rings. The molecule has 0 saturated carbocycles. The minimum absolute atomic E-state index is 0.0290. The van der Waals surface area contributed by atoms with Crippen LogP contribution in [0.3, 0.4) is 0 Å². The van der Waals surface area contributed by atoms with Gasteiger partial charge in [0.1, 0.15) is 6.61 Å². The Kier molecular flexibility index (Phi) is 9.22. The number of carbonyl (C=O) groups excluding carboxylic acids is 2. The van der Waals surface area contributed by atoms with Gasteiger partial charge in [0.25, 0.3) is 0 Å². The highest BCUT2D eigenvalue weighted by atomic mass is 79.9. The second kappa shape index (κ2) is 12.6. The monoisotopic (exact) mass is 523 g/mol. The molecule has 0 heterocycles. The van der Waals surface area contributed by atoms with Crippen molar-refractivity contribution >= 4 is 39.6 Å². The van der Waals surface area contributed by atoms with Gasteiger partial charge < -0.3 is 14.8 Å². The summed E-state index contributed by atoms with van der Waals surface area (Å²) in [5, 5.41) is 6.77. The van der Waals surface area contributed by atoms with Crippen molar-refractivity contribution in [1.29, 1.82) is 0 Å². The Morgan fingerprint density at radius 2 is 1.71 bits per heavy atom. The molecule has 2 N–H and O–H groups in total. The fourth-order valence-corrected chi connectivity index (χ4v) is 3.28. The van der Waals surface area contributed by atoms with Crippen LogP contribution in [-0.2, 0) is 16.2 Å². The van der Waals surface area contributed by atoms with Crippen LogP contribution in [0.4, 0.5) is 5.69 Å². The molecule has 3 rings (SSSR count). The fourth-order valence-electron chi connectivity index (χ4n) is 3.01. The van der Waals surface area contributed by atoms with Crippen molar-refractivity contribution in [2.75, 3.05) is 12.4 Å². The first-order chi connectivity index (χ1) is 16.4. The van der Waals surface area contributed by atoms with Gasteiger partial charge in [0.2, 0.25) is 11.8 Å². The first-order valence-electron chi connectivity index (χ1n) is 10.7. The van der Waals surface area contributed by atoms with Crippen LogP contribution in [0.2, 0.25) is 0 Å². The molecule has 7 nitrogen and oxygen atoms in total. The van der Waals surface area contributed by atoms with E-state index in [1.54, 1.807) is 19.2 Å². The summed E-state index contributed by atoms with van der Waals surface area (Å²) in [6, 6.07) is 20.7. The van der Waals surface area contributed by atoms with E-state index in [1.165, 1.54) is 6.21 Å². The van der Waals surface area contributed by atoms with Crippen LogP contribution in [-0.4, -0.2) is 25.1 Å². The van der Waals surface area contributed by atoms with Crippen LogP contribution in [0, 0.1) is 6.92 Å². The van der Waals surface area contributed by atoms with Crippen LogP contribution < -0.4 is 20.2 Å². The van der Waals surface area contributed by atoms with Crippen molar-refractivity contribution in [3.63, 3.8) is 0 Å². The predicted octanol–water partition coefficient (Wildman–Crippen LogP) is 5.21. The molecule has 3 aromatic carbocycles. The molecule has 0 fully saturated rings. The van der Waals surface area contributed by atoms with Gasteiger partial charge in [-0.1, -0.05) is 46.3 Å². The van der Waals surface area contributed by atoms with Crippen LogP contribution in [0.5, 0.6) is 11.5 Å². The standard InChI is InChI=1S/C26H26BrN3O4/c1-18-5-3-4-6-22(18)29-25(31)13-14-26(32)30-28-16-20-9-12-23(24(15-20)33-2)34-17-19-7-10-21(27)11-8-19/h3-12,15-16H,13-14,17H2,1-2H3,(H,29,31)(H,30,32). The highest BCUT2D eigenvalue weighted by Gasteiger charge is 2.09. The minimum atomic E-state index is -0.349. The van der Waals surface area contributed by atoms with Gasteiger partial charge in [0.15, 0.2) is 11.5 Å². The van der Waals surface area contributed by atoms with Gasteiger partial charge in [0, 0.05) is 23.0 Å².